The molecule has 6 heteroatoms. The van der Waals surface area contributed by atoms with E-state index in [1.807, 2.05) is 55.5 Å². The van der Waals surface area contributed by atoms with Crippen molar-refractivity contribution in [3.63, 3.8) is 0 Å². The number of carbonyl (C=O) groups excluding carboxylic acids is 1. The van der Waals surface area contributed by atoms with Crippen LogP contribution in [-0.4, -0.2) is 24.4 Å². The van der Waals surface area contributed by atoms with Crippen LogP contribution in [0.25, 0.3) is 6.08 Å². The average molecular weight is 380 g/mol. The van der Waals surface area contributed by atoms with E-state index in [1.165, 1.54) is 11.8 Å². The lowest BCUT2D eigenvalue weighted by molar-refractivity contribution is -0.113. The highest BCUT2D eigenvalue weighted by Gasteiger charge is 2.35. The zero-order valence-electron chi connectivity index (χ0n) is 15.3. The Morgan fingerprint density at radius 2 is 2.00 bits per heavy atom. The molecule has 2 aromatic rings. The molecule has 2 aliphatic heterocycles. The molecular formula is C21H20N2O3S. The molecule has 0 N–H and O–H groups in total. The van der Waals surface area contributed by atoms with Gasteiger partial charge in [0.2, 0.25) is 6.79 Å². The standard InChI is InChI=1S/C21H20N2O3S/c1-3-10-22-21-23(16-7-5-4-6-14(16)2)20(24)19(27-21)12-15-8-9-17-18(11-15)26-13-25-17/h4-9,11-12H,3,10,13H2,1-2H3/b19-12-,22-21?. The minimum absolute atomic E-state index is 0.0539. The van der Waals surface area contributed by atoms with Crippen molar-refractivity contribution in [3.05, 3.63) is 58.5 Å². The fourth-order valence-corrected chi connectivity index (χ4v) is 3.97. The molecule has 2 heterocycles. The highest BCUT2D eigenvalue weighted by atomic mass is 32.2. The summed E-state index contributed by atoms with van der Waals surface area (Å²) in [5.74, 6) is 1.38. The van der Waals surface area contributed by atoms with Crippen molar-refractivity contribution in [2.75, 3.05) is 18.2 Å². The molecule has 138 valence electrons. The number of hydrogen-bond acceptors (Lipinski definition) is 5. The number of benzene rings is 2. The minimum atomic E-state index is -0.0539. The number of amides is 1. The molecule has 5 nitrogen and oxygen atoms in total. The summed E-state index contributed by atoms with van der Waals surface area (Å²) in [4.78, 5) is 20.2. The van der Waals surface area contributed by atoms with Crippen molar-refractivity contribution >= 4 is 34.6 Å². The second kappa shape index (κ2) is 7.48. The predicted octanol–water partition coefficient (Wildman–Crippen LogP) is 4.61. The number of ether oxygens (including phenoxy) is 2. The van der Waals surface area contributed by atoms with Crippen molar-refractivity contribution in [2.24, 2.45) is 4.99 Å². The largest absolute Gasteiger partial charge is 0.454 e. The van der Waals surface area contributed by atoms with E-state index in [0.29, 0.717) is 17.2 Å². The Bertz CT molecular complexity index is 952. The van der Waals surface area contributed by atoms with Gasteiger partial charge >= 0.3 is 0 Å². The summed E-state index contributed by atoms with van der Waals surface area (Å²) in [7, 11) is 0. The lowest BCUT2D eigenvalue weighted by Crippen LogP contribution is -2.29. The highest BCUT2D eigenvalue weighted by Crippen LogP contribution is 2.39. The molecule has 1 fully saturated rings. The number of aryl methyl sites for hydroxylation is 1. The molecule has 0 aromatic heterocycles. The van der Waals surface area contributed by atoms with Crippen LogP contribution in [0.5, 0.6) is 11.5 Å². The van der Waals surface area contributed by atoms with E-state index in [-0.39, 0.29) is 12.7 Å². The first-order valence-corrected chi connectivity index (χ1v) is 9.72. The Labute approximate surface area is 162 Å². The van der Waals surface area contributed by atoms with Crippen LogP contribution in [0, 0.1) is 6.92 Å². The number of thioether (sulfide) groups is 1. The van der Waals surface area contributed by atoms with Crippen LogP contribution in [0.15, 0.2) is 52.4 Å². The van der Waals surface area contributed by atoms with E-state index < -0.39 is 0 Å². The van der Waals surface area contributed by atoms with Gasteiger partial charge in [-0.1, -0.05) is 31.2 Å². The highest BCUT2D eigenvalue weighted by molar-refractivity contribution is 8.19. The monoisotopic (exact) mass is 380 g/mol. The Balaban J connectivity index is 1.71. The average Bonchev–Trinajstić information content (AvgIpc) is 3.25. The Morgan fingerprint density at radius 1 is 1.19 bits per heavy atom. The first-order valence-electron chi connectivity index (χ1n) is 8.91. The molecule has 0 aliphatic carbocycles. The van der Waals surface area contributed by atoms with E-state index in [1.54, 1.807) is 4.90 Å². The molecule has 0 atom stereocenters. The number of aliphatic imine (C=N–C) groups is 1. The van der Waals surface area contributed by atoms with Crippen LogP contribution in [0.2, 0.25) is 0 Å². The topological polar surface area (TPSA) is 51.1 Å². The Kier molecular flexibility index (Phi) is 4.90. The number of anilines is 1. The number of rotatable bonds is 4. The van der Waals surface area contributed by atoms with Crippen LogP contribution in [-0.2, 0) is 4.79 Å². The van der Waals surface area contributed by atoms with Crippen LogP contribution < -0.4 is 14.4 Å². The van der Waals surface area contributed by atoms with Gasteiger partial charge in [0.1, 0.15) is 0 Å². The number of fused-ring (bicyclic) bond motifs is 1. The van der Waals surface area contributed by atoms with Crippen molar-refractivity contribution in [1.82, 2.24) is 0 Å². The molecule has 27 heavy (non-hydrogen) atoms. The molecule has 2 aromatic carbocycles. The van der Waals surface area contributed by atoms with Gasteiger partial charge in [-0.2, -0.15) is 0 Å². The molecule has 0 unspecified atom stereocenters. The number of nitrogens with zero attached hydrogens (tertiary/aromatic N) is 2. The number of amidine groups is 1. The summed E-state index contributed by atoms with van der Waals surface area (Å²) in [5, 5.41) is 0.725. The number of carbonyl (C=O) groups is 1. The molecule has 1 saturated heterocycles. The third kappa shape index (κ3) is 3.45. The number of hydrogen-bond donors (Lipinski definition) is 0. The normalized spacial score (nSPS) is 18.7. The van der Waals surface area contributed by atoms with E-state index in [0.717, 1.165) is 34.2 Å². The summed E-state index contributed by atoms with van der Waals surface area (Å²) < 4.78 is 10.8. The SMILES string of the molecule is CCCN=C1S/C(=C\c2ccc3c(c2)OCO3)C(=O)N1c1ccccc1C. The maximum absolute atomic E-state index is 13.2. The zero-order valence-corrected chi connectivity index (χ0v) is 16.1. The second-order valence-corrected chi connectivity index (χ2v) is 7.32. The summed E-state index contributed by atoms with van der Waals surface area (Å²) in [5.41, 5.74) is 2.82. The molecule has 1 amide bonds. The summed E-state index contributed by atoms with van der Waals surface area (Å²) in [6.07, 6.45) is 2.82. The maximum atomic E-state index is 13.2. The fraction of sp³-hybridized carbons (Fsp3) is 0.238. The first kappa shape index (κ1) is 17.7. The lowest BCUT2D eigenvalue weighted by Gasteiger charge is -2.17. The predicted molar refractivity (Wildman–Crippen MR) is 109 cm³/mol. The first-order chi connectivity index (χ1) is 13.2. The van der Waals surface area contributed by atoms with Gasteiger partial charge in [0, 0.05) is 6.54 Å². The Morgan fingerprint density at radius 3 is 2.81 bits per heavy atom. The lowest BCUT2D eigenvalue weighted by atomic mass is 10.1. The summed E-state index contributed by atoms with van der Waals surface area (Å²) in [6, 6.07) is 13.6. The van der Waals surface area contributed by atoms with Crippen molar-refractivity contribution in [1.29, 1.82) is 0 Å². The van der Waals surface area contributed by atoms with E-state index in [4.69, 9.17) is 9.47 Å². The van der Waals surface area contributed by atoms with Crippen molar-refractivity contribution < 1.29 is 14.3 Å². The maximum Gasteiger partial charge on any atom is 0.271 e. The molecular weight excluding hydrogens is 360 g/mol. The molecule has 4 rings (SSSR count). The quantitative estimate of drug-likeness (QED) is 0.727. The summed E-state index contributed by atoms with van der Waals surface area (Å²) >= 11 is 1.41. The Hall–Kier alpha value is -2.73. The fourth-order valence-electron chi connectivity index (χ4n) is 2.97. The van der Waals surface area contributed by atoms with Gasteiger partial charge in [-0.3, -0.25) is 14.7 Å². The van der Waals surface area contributed by atoms with E-state index >= 15 is 0 Å². The van der Waals surface area contributed by atoms with Crippen LogP contribution in [0.4, 0.5) is 5.69 Å². The van der Waals surface area contributed by atoms with Crippen molar-refractivity contribution in [3.8, 4) is 11.5 Å². The van der Waals surface area contributed by atoms with Gasteiger partial charge in [-0.05, 0) is 60.5 Å². The van der Waals surface area contributed by atoms with E-state index in [9.17, 15) is 4.79 Å². The van der Waals surface area contributed by atoms with E-state index in [2.05, 4.69) is 11.9 Å². The van der Waals surface area contributed by atoms with Crippen LogP contribution in [0.1, 0.15) is 24.5 Å². The van der Waals surface area contributed by atoms with Gasteiger partial charge in [-0.25, -0.2) is 0 Å². The molecule has 2 aliphatic rings. The van der Waals surface area contributed by atoms with Crippen LogP contribution in [0.3, 0.4) is 0 Å². The molecule has 0 radical (unpaired) electrons. The molecule has 0 saturated carbocycles. The smallest absolute Gasteiger partial charge is 0.271 e. The third-order valence-electron chi connectivity index (χ3n) is 4.33. The molecule has 0 bridgehead atoms. The van der Waals surface area contributed by atoms with Gasteiger partial charge in [-0.15, -0.1) is 0 Å². The molecule has 0 spiro atoms. The van der Waals surface area contributed by atoms with Gasteiger partial charge in [0.05, 0.1) is 10.6 Å². The van der Waals surface area contributed by atoms with Crippen molar-refractivity contribution in [2.45, 2.75) is 20.3 Å². The minimum Gasteiger partial charge on any atom is -0.454 e. The van der Waals surface area contributed by atoms with Crippen LogP contribution >= 0.6 is 11.8 Å². The van der Waals surface area contributed by atoms with Gasteiger partial charge in [0.25, 0.3) is 5.91 Å². The van der Waals surface area contributed by atoms with Gasteiger partial charge in [0.15, 0.2) is 16.7 Å². The van der Waals surface area contributed by atoms with Gasteiger partial charge < -0.3 is 9.47 Å². The zero-order chi connectivity index (χ0) is 18.8. The second-order valence-electron chi connectivity index (χ2n) is 6.31. The number of para-hydroxylation sites is 1. The third-order valence-corrected chi connectivity index (χ3v) is 5.33. The summed E-state index contributed by atoms with van der Waals surface area (Å²) in [6.45, 7) is 5.00.